The summed E-state index contributed by atoms with van der Waals surface area (Å²) in [5, 5.41) is 19.1. The van der Waals surface area contributed by atoms with Crippen molar-refractivity contribution in [3.8, 4) is 0 Å². The molecule has 1 aromatic rings. The van der Waals surface area contributed by atoms with Gasteiger partial charge in [0.15, 0.2) is 0 Å². The minimum Gasteiger partial charge on any atom is -0.390 e. The van der Waals surface area contributed by atoms with E-state index in [1.54, 1.807) is 13.8 Å². The number of nitrogens with zero attached hydrogens (tertiary/aromatic N) is 4. The van der Waals surface area contributed by atoms with E-state index in [-0.39, 0.29) is 18.1 Å². The standard InChI is InChI=1S/C17H30N4O2/c1-7-9-21-15(14(4)17(5,6)22)18-19-16(21)20-10-8-12(2)23-13(3)11-20/h7,12-14,22H,1,8-11H2,2-6H3/t12-,13+,14?/m1/s1. The third kappa shape index (κ3) is 4.12. The van der Waals surface area contributed by atoms with E-state index in [4.69, 9.17) is 4.74 Å². The average molecular weight is 322 g/mol. The van der Waals surface area contributed by atoms with E-state index in [0.29, 0.717) is 6.54 Å². The molecule has 0 bridgehead atoms. The molecule has 1 unspecified atom stereocenters. The number of anilines is 1. The van der Waals surface area contributed by atoms with E-state index in [0.717, 1.165) is 31.3 Å². The largest absolute Gasteiger partial charge is 0.390 e. The molecule has 6 heteroatoms. The Kier molecular flexibility index (Phi) is 5.47. The maximum atomic E-state index is 10.3. The second-order valence-corrected chi connectivity index (χ2v) is 7.12. The molecule has 0 spiro atoms. The quantitative estimate of drug-likeness (QED) is 0.843. The molecule has 0 saturated carbocycles. The Morgan fingerprint density at radius 1 is 1.39 bits per heavy atom. The van der Waals surface area contributed by atoms with E-state index in [9.17, 15) is 5.11 Å². The molecule has 23 heavy (non-hydrogen) atoms. The van der Waals surface area contributed by atoms with Gasteiger partial charge in [0, 0.05) is 25.6 Å². The van der Waals surface area contributed by atoms with Crippen LogP contribution in [0.1, 0.15) is 52.8 Å². The van der Waals surface area contributed by atoms with Crippen LogP contribution in [0.2, 0.25) is 0 Å². The van der Waals surface area contributed by atoms with Crippen LogP contribution >= 0.6 is 0 Å². The predicted octanol–water partition coefficient (Wildman–Crippen LogP) is 2.34. The van der Waals surface area contributed by atoms with Crippen LogP contribution in [-0.2, 0) is 11.3 Å². The lowest BCUT2D eigenvalue weighted by Gasteiger charge is -2.27. The zero-order chi connectivity index (χ0) is 17.2. The highest BCUT2D eigenvalue weighted by molar-refractivity contribution is 5.33. The lowest BCUT2D eigenvalue weighted by molar-refractivity contribution is 0.0210. The Labute approximate surface area is 139 Å². The van der Waals surface area contributed by atoms with Crippen LogP contribution < -0.4 is 4.90 Å². The SMILES string of the molecule is C=CCn1c(C(C)C(C)(C)O)nnc1N1CC[C@@H](C)O[C@@H](C)C1. The van der Waals surface area contributed by atoms with Crippen molar-refractivity contribution < 1.29 is 9.84 Å². The third-order valence-electron chi connectivity index (χ3n) is 4.55. The molecule has 1 aromatic heterocycles. The van der Waals surface area contributed by atoms with Crippen LogP contribution in [0.15, 0.2) is 12.7 Å². The molecule has 1 saturated heterocycles. The zero-order valence-corrected chi connectivity index (χ0v) is 15.0. The van der Waals surface area contributed by atoms with Gasteiger partial charge in [0.2, 0.25) is 5.95 Å². The fourth-order valence-electron chi connectivity index (χ4n) is 2.91. The van der Waals surface area contributed by atoms with Gasteiger partial charge in [-0.2, -0.15) is 0 Å². The summed E-state index contributed by atoms with van der Waals surface area (Å²) in [7, 11) is 0. The molecule has 130 valence electrons. The first-order valence-electron chi connectivity index (χ1n) is 8.40. The van der Waals surface area contributed by atoms with E-state index >= 15 is 0 Å². The van der Waals surface area contributed by atoms with Crippen LogP contribution in [0, 0.1) is 0 Å². The van der Waals surface area contributed by atoms with Crippen molar-refractivity contribution in [2.45, 2.75) is 71.3 Å². The molecule has 0 radical (unpaired) electrons. The number of aromatic nitrogens is 3. The fraction of sp³-hybridized carbons (Fsp3) is 0.765. The smallest absolute Gasteiger partial charge is 0.227 e. The molecule has 0 aromatic carbocycles. The van der Waals surface area contributed by atoms with E-state index < -0.39 is 5.60 Å². The molecule has 0 amide bonds. The summed E-state index contributed by atoms with van der Waals surface area (Å²) in [5.41, 5.74) is -0.854. The van der Waals surface area contributed by atoms with E-state index in [1.165, 1.54) is 0 Å². The molecule has 1 N–H and O–H groups in total. The number of hydrogen-bond acceptors (Lipinski definition) is 5. The minimum absolute atomic E-state index is 0.122. The van der Waals surface area contributed by atoms with Gasteiger partial charge in [0.05, 0.1) is 17.8 Å². The summed E-state index contributed by atoms with van der Waals surface area (Å²) in [5.74, 6) is 1.50. The number of hydrogen-bond donors (Lipinski definition) is 1. The zero-order valence-electron chi connectivity index (χ0n) is 15.0. The van der Waals surface area contributed by atoms with Gasteiger partial charge in [-0.05, 0) is 34.1 Å². The fourth-order valence-corrected chi connectivity index (χ4v) is 2.91. The van der Waals surface area contributed by atoms with Gasteiger partial charge in [-0.15, -0.1) is 16.8 Å². The average Bonchev–Trinajstić information content (AvgIpc) is 2.77. The lowest BCUT2D eigenvalue weighted by Crippen LogP contribution is -2.33. The maximum absolute atomic E-state index is 10.3. The summed E-state index contributed by atoms with van der Waals surface area (Å²) in [6.45, 7) is 15.9. The Morgan fingerprint density at radius 2 is 2.09 bits per heavy atom. The Hall–Kier alpha value is -1.40. The highest BCUT2D eigenvalue weighted by Crippen LogP contribution is 2.29. The minimum atomic E-state index is -0.854. The van der Waals surface area contributed by atoms with Crippen molar-refractivity contribution in [3.05, 3.63) is 18.5 Å². The summed E-state index contributed by atoms with van der Waals surface area (Å²) in [6.07, 6.45) is 3.20. The van der Waals surface area contributed by atoms with Gasteiger partial charge >= 0.3 is 0 Å². The Bertz CT molecular complexity index is 535. The van der Waals surface area contributed by atoms with E-state index in [1.807, 2.05) is 13.0 Å². The van der Waals surface area contributed by atoms with Crippen molar-refractivity contribution in [2.75, 3.05) is 18.0 Å². The number of ether oxygens (including phenoxy) is 1. The first-order valence-corrected chi connectivity index (χ1v) is 8.40. The molecule has 1 aliphatic heterocycles. The van der Waals surface area contributed by atoms with Crippen molar-refractivity contribution in [3.63, 3.8) is 0 Å². The molecule has 0 aliphatic carbocycles. The molecule has 6 nitrogen and oxygen atoms in total. The number of allylic oxidation sites excluding steroid dienone is 1. The summed E-state index contributed by atoms with van der Waals surface area (Å²) < 4.78 is 7.97. The topological polar surface area (TPSA) is 63.4 Å². The van der Waals surface area contributed by atoms with Crippen LogP contribution in [0.4, 0.5) is 5.95 Å². The molecule has 1 fully saturated rings. The van der Waals surface area contributed by atoms with Crippen molar-refractivity contribution >= 4 is 5.95 Å². The van der Waals surface area contributed by atoms with Gasteiger partial charge in [-0.25, -0.2) is 0 Å². The van der Waals surface area contributed by atoms with Gasteiger partial charge in [0.25, 0.3) is 0 Å². The monoisotopic (exact) mass is 322 g/mol. The third-order valence-corrected chi connectivity index (χ3v) is 4.55. The molecule has 2 heterocycles. The summed E-state index contributed by atoms with van der Waals surface area (Å²) in [4.78, 5) is 2.23. The van der Waals surface area contributed by atoms with Gasteiger partial charge < -0.3 is 14.7 Å². The van der Waals surface area contributed by atoms with Crippen molar-refractivity contribution in [2.24, 2.45) is 0 Å². The van der Waals surface area contributed by atoms with Gasteiger partial charge in [0.1, 0.15) is 5.82 Å². The second kappa shape index (κ2) is 7.01. The van der Waals surface area contributed by atoms with Gasteiger partial charge in [-0.3, -0.25) is 4.57 Å². The van der Waals surface area contributed by atoms with E-state index in [2.05, 4.69) is 40.1 Å². The predicted molar refractivity (Wildman–Crippen MR) is 91.8 cm³/mol. The first kappa shape index (κ1) is 17.9. The second-order valence-electron chi connectivity index (χ2n) is 7.12. The number of rotatable bonds is 5. The molecule has 2 rings (SSSR count). The lowest BCUT2D eigenvalue weighted by atomic mass is 9.92. The molecule has 3 atom stereocenters. The summed E-state index contributed by atoms with van der Waals surface area (Å²) >= 11 is 0. The molecular formula is C17H30N4O2. The van der Waals surface area contributed by atoms with Crippen LogP contribution in [0.3, 0.4) is 0 Å². The van der Waals surface area contributed by atoms with Gasteiger partial charge in [-0.1, -0.05) is 13.0 Å². The van der Waals surface area contributed by atoms with Crippen molar-refractivity contribution in [1.82, 2.24) is 14.8 Å². The first-order chi connectivity index (χ1) is 10.7. The Morgan fingerprint density at radius 3 is 2.70 bits per heavy atom. The normalized spacial score (nSPS) is 24.3. The van der Waals surface area contributed by atoms with Crippen LogP contribution in [-0.4, -0.2) is 50.8 Å². The maximum Gasteiger partial charge on any atom is 0.227 e. The van der Waals surface area contributed by atoms with Crippen LogP contribution in [0.25, 0.3) is 0 Å². The Balaban J connectivity index is 2.35. The highest BCUT2D eigenvalue weighted by Gasteiger charge is 2.31. The van der Waals surface area contributed by atoms with Crippen molar-refractivity contribution in [1.29, 1.82) is 0 Å². The molecular weight excluding hydrogens is 292 g/mol. The number of aliphatic hydroxyl groups is 1. The molecule has 1 aliphatic rings. The van der Waals surface area contributed by atoms with Crippen LogP contribution in [0.5, 0.6) is 0 Å². The summed E-state index contributed by atoms with van der Waals surface area (Å²) in [6, 6.07) is 0. The highest BCUT2D eigenvalue weighted by atomic mass is 16.5.